The minimum Gasteiger partial charge on any atom is -0.545 e. The summed E-state index contributed by atoms with van der Waals surface area (Å²) in [6.45, 7) is 3.17. The zero-order valence-corrected chi connectivity index (χ0v) is 24.9. The summed E-state index contributed by atoms with van der Waals surface area (Å²) in [6.07, 6.45) is 0. The fourth-order valence-electron chi connectivity index (χ4n) is 3.07. The van der Waals surface area contributed by atoms with Crippen LogP contribution in [0.3, 0.4) is 0 Å². The van der Waals surface area contributed by atoms with Crippen molar-refractivity contribution in [3.05, 3.63) is 106 Å². The summed E-state index contributed by atoms with van der Waals surface area (Å²) in [5.74, 6) is -9.87. The molecule has 0 aromatic heterocycles. The fourth-order valence-corrected chi connectivity index (χ4v) is 3.07. The number of carboxylic acids is 3. The van der Waals surface area contributed by atoms with Crippen LogP contribution in [0.25, 0.3) is 0 Å². The van der Waals surface area contributed by atoms with Crippen molar-refractivity contribution in [3.63, 3.8) is 0 Å². The molecule has 3 aromatic carbocycles. The maximum Gasteiger partial charge on any atom is 3.00 e. The predicted molar refractivity (Wildman–Crippen MR) is 141 cm³/mol. The Hall–Kier alpha value is -6.00. The quantitative estimate of drug-likeness (QED) is 0.177. The van der Waals surface area contributed by atoms with Gasteiger partial charge in [0.05, 0.1) is 34.6 Å². The number of rotatable bonds is 6. The molecule has 0 atom stereocenters. The molecule has 0 aliphatic heterocycles. The third-order valence-corrected chi connectivity index (χ3v) is 4.81. The Morgan fingerprint density at radius 2 is 0.565 bits per heavy atom. The van der Waals surface area contributed by atoms with Crippen molar-refractivity contribution in [2.24, 2.45) is 0 Å². The van der Waals surface area contributed by atoms with Gasteiger partial charge in [-0.15, -0.1) is 0 Å². The van der Waals surface area contributed by atoms with Crippen LogP contribution >= 0.6 is 0 Å². The summed E-state index contributed by atoms with van der Waals surface area (Å²) in [7, 11) is 0. The van der Waals surface area contributed by atoms with Gasteiger partial charge < -0.3 is 43.9 Å². The van der Waals surface area contributed by atoms with Crippen LogP contribution in [-0.2, 0) is 45.4 Å². The molecule has 0 amide bonds. The Labute approximate surface area is 269 Å². The van der Waals surface area contributed by atoms with E-state index in [2.05, 4.69) is 14.2 Å². The molecule has 0 aliphatic carbocycles. The van der Waals surface area contributed by atoms with Gasteiger partial charge in [-0.25, -0.2) is 14.4 Å². The van der Waals surface area contributed by atoms with Gasteiger partial charge in [0, 0.05) is 37.5 Å². The molecule has 3 aromatic rings. The van der Waals surface area contributed by atoms with E-state index in [1.54, 1.807) is 0 Å². The van der Waals surface area contributed by atoms with Gasteiger partial charge in [0.2, 0.25) is 0 Å². The Kier molecular flexibility index (Phi) is 16.8. The minimum atomic E-state index is -1.49. The largest absolute Gasteiger partial charge is 3.00 e. The Bertz CT molecular complexity index is 1470. The van der Waals surface area contributed by atoms with Gasteiger partial charge >= 0.3 is 52.6 Å². The molecule has 46 heavy (non-hydrogen) atoms. The number of benzene rings is 3. The Balaban J connectivity index is 0.000000653. The Morgan fingerprint density at radius 3 is 0.717 bits per heavy atom. The van der Waals surface area contributed by atoms with Crippen molar-refractivity contribution in [1.82, 2.24) is 0 Å². The van der Waals surface area contributed by atoms with E-state index < -0.39 is 53.7 Å². The molecule has 0 unspecified atom stereocenters. The molecule has 0 saturated heterocycles. The second kappa shape index (κ2) is 19.3. The first-order valence-electron chi connectivity index (χ1n) is 12.2. The van der Waals surface area contributed by atoms with Gasteiger partial charge in [-0.05, 0) is 18.2 Å². The summed E-state index contributed by atoms with van der Waals surface area (Å²) in [4.78, 5) is 97.1. The van der Waals surface area contributed by atoms with Crippen LogP contribution < -0.4 is 15.3 Å². The molecule has 0 bridgehead atoms. The van der Waals surface area contributed by atoms with Gasteiger partial charge in [-0.1, -0.05) is 54.6 Å². The first kappa shape index (κ1) is 40.0. The molecular formula is C30H21CoO15. The van der Waals surface area contributed by atoms with Gasteiger partial charge in [0.1, 0.15) is 0 Å². The van der Waals surface area contributed by atoms with Crippen molar-refractivity contribution >= 4 is 53.7 Å². The third kappa shape index (κ3) is 13.1. The average Bonchev–Trinajstić information content (AvgIpc) is 2.96. The standard InChI is InChI=1S/3C10H8O5.Co/c3*1-6(11)15-10(14)8-5-3-2-4-7(8)9(12)13;/h3*2-5H,1H3,(H,12,13);/q;;;+3/p-3. The van der Waals surface area contributed by atoms with E-state index in [0.29, 0.717) is 0 Å². The fraction of sp³-hybridized carbons (Fsp3) is 0.100. The molecule has 0 heterocycles. The number of carbonyl (C=O) groups is 9. The smallest absolute Gasteiger partial charge is 0.545 e. The van der Waals surface area contributed by atoms with Crippen LogP contribution in [0.5, 0.6) is 0 Å². The third-order valence-electron chi connectivity index (χ3n) is 4.81. The molecular weight excluding hydrogens is 659 g/mol. The van der Waals surface area contributed by atoms with E-state index in [0.717, 1.165) is 20.8 Å². The molecule has 0 radical (unpaired) electrons. The first-order valence-corrected chi connectivity index (χ1v) is 12.2. The van der Waals surface area contributed by atoms with E-state index in [9.17, 15) is 58.5 Å². The molecule has 0 spiro atoms. The van der Waals surface area contributed by atoms with Crippen molar-refractivity contribution in [2.75, 3.05) is 0 Å². The summed E-state index contributed by atoms with van der Waals surface area (Å²) in [5.41, 5.74) is -1.51. The zero-order chi connectivity index (χ0) is 34.3. The topological polar surface area (TPSA) is 250 Å². The molecule has 15 nitrogen and oxygen atoms in total. The molecule has 0 N–H and O–H groups in total. The van der Waals surface area contributed by atoms with E-state index in [-0.39, 0.29) is 50.2 Å². The maximum atomic E-state index is 11.2. The monoisotopic (exact) mass is 680 g/mol. The number of carboxylic acid groups (broad SMARTS) is 3. The number of ether oxygens (including phenoxy) is 3. The van der Waals surface area contributed by atoms with Crippen LogP contribution in [0.1, 0.15) is 82.9 Å². The molecule has 0 fully saturated rings. The normalized spacial score (nSPS) is 9.20. The van der Waals surface area contributed by atoms with Crippen molar-refractivity contribution in [3.8, 4) is 0 Å². The number of carbonyl (C=O) groups excluding carboxylic acids is 9. The van der Waals surface area contributed by atoms with E-state index >= 15 is 0 Å². The maximum absolute atomic E-state index is 11.2. The van der Waals surface area contributed by atoms with Gasteiger partial charge in [0.15, 0.2) is 0 Å². The molecule has 0 saturated carbocycles. The zero-order valence-electron chi connectivity index (χ0n) is 23.9. The van der Waals surface area contributed by atoms with Crippen LogP contribution in [0.15, 0.2) is 72.8 Å². The summed E-state index contributed by atoms with van der Waals surface area (Å²) in [6, 6.07) is 16.0. The van der Waals surface area contributed by atoms with Crippen molar-refractivity contribution in [2.45, 2.75) is 20.8 Å². The summed E-state index contributed by atoms with van der Waals surface area (Å²) < 4.78 is 12.8. The van der Waals surface area contributed by atoms with E-state index in [4.69, 9.17) is 0 Å². The van der Waals surface area contributed by atoms with E-state index in [1.165, 1.54) is 72.8 Å². The van der Waals surface area contributed by atoms with Gasteiger partial charge in [0.25, 0.3) is 0 Å². The van der Waals surface area contributed by atoms with Crippen LogP contribution in [0, 0.1) is 0 Å². The predicted octanol–water partition coefficient (Wildman–Crippen LogP) is -0.742. The second-order valence-corrected chi connectivity index (χ2v) is 8.14. The molecule has 0 aliphatic rings. The molecule has 3 rings (SSSR count). The minimum absolute atomic E-state index is 0. The Morgan fingerprint density at radius 1 is 0.391 bits per heavy atom. The number of hydrogen-bond donors (Lipinski definition) is 0. The molecule has 16 heteroatoms. The van der Waals surface area contributed by atoms with E-state index in [1.807, 2.05) is 0 Å². The summed E-state index contributed by atoms with van der Waals surface area (Å²) in [5, 5.41) is 31.8. The van der Waals surface area contributed by atoms with Crippen LogP contribution in [0.4, 0.5) is 0 Å². The number of aromatic carboxylic acids is 3. The molecule has 240 valence electrons. The number of esters is 6. The first-order chi connectivity index (χ1) is 21.1. The van der Waals surface area contributed by atoms with Gasteiger partial charge in [-0.2, -0.15) is 0 Å². The average molecular weight is 680 g/mol. The van der Waals surface area contributed by atoms with Crippen molar-refractivity contribution < 1.29 is 89.5 Å². The van der Waals surface area contributed by atoms with Crippen LogP contribution in [0.2, 0.25) is 0 Å². The van der Waals surface area contributed by atoms with Crippen LogP contribution in [-0.4, -0.2) is 53.7 Å². The van der Waals surface area contributed by atoms with Gasteiger partial charge in [-0.3, -0.25) is 14.4 Å². The summed E-state index contributed by atoms with van der Waals surface area (Å²) >= 11 is 0. The van der Waals surface area contributed by atoms with Crippen molar-refractivity contribution in [1.29, 1.82) is 0 Å². The second-order valence-electron chi connectivity index (χ2n) is 8.14. The number of hydrogen-bond acceptors (Lipinski definition) is 15. The SMILES string of the molecule is CC(=O)OC(=O)c1ccccc1C(=O)[O-].CC(=O)OC(=O)c1ccccc1C(=O)[O-].CC(=O)OC(=O)c1ccccc1C(=O)[O-].[Co+3].